The first-order valence-corrected chi connectivity index (χ1v) is 8.41. The Labute approximate surface area is 156 Å². The summed E-state index contributed by atoms with van der Waals surface area (Å²) < 4.78 is 124. The number of aryl methyl sites for hydroxylation is 1. The van der Waals surface area contributed by atoms with E-state index in [1.54, 1.807) is 6.07 Å². The number of unbranched alkanes of at least 4 members (excludes halogenated alkanes) is 1. The summed E-state index contributed by atoms with van der Waals surface area (Å²) in [4.78, 5) is 0. The summed E-state index contributed by atoms with van der Waals surface area (Å²) in [6.45, 7) is 2.81. The number of benzene rings is 1. The van der Waals surface area contributed by atoms with Crippen LogP contribution in [0.4, 0.5) is 39.5 Å². The smallest absolute Gasteiger partial charge is 0.374 e. The molecule has 10 heteroatoms. The lowest BCUT2D eigenvalue weighted by Crippen LogP contribution is -2.62. The SMILES string of the molecule is CCCCc1ccccc1C(C)(CC(F)(F)C(F)(F)C(F)(F)C(F)(F)F)OC. The van der Waals surface area contributed by atoms with Crippen LogP contribution in [0.1, 0.15) is 44.2 Å². The molecule has 28 heavy (non-hydrogen) atoms. The number of halogens is 9. The van der Waals surface area contributed by atoms with E-state index in [1.807, 2.05) is 6.92 Å². The van der Waals surface area contributed by atoms with Crippen molar-refractivity contribution in [2.75, 3.05) is 7.11 Å². The van der Waals surface area contributed by atoms with Gasteiger partial charge >= 0.3 is 23.9 Å². The summed E-state index contributed by atoms with van der Waals surface area (Å²) in [6, 6.07) is 5.80. The maximum absolute atomic E-state index is 14.2. The number of ether oxygens (including phenoxy) is 1. The largest absolute Gasteiger partial charge is 0.460 e. The van der Waals surface area contributed by atoms with E-state index in [-0.39, 0.29) is 5.56 Å². The Bertz CT molecular complexity index is 655. The van der Waals surface area contributed by atoms with E-state index in [1.165, 1.54) is 18.2 Å². The van der Waals surface area contributed by atoms with Gasteiger partial charge in [0, 0.05) is 7.11 Å². The van der Waals surface area contributed by atoms with Gasteiger partial charge in [-0.2, -0.15) is 39.5 Å². The lowest BCUT2D eigenvalue weighted by Gasteiger charge is -2.39. The van der Waals surface area contributed by atoms with Gasteiger partial charge in [0.15, 0.2) is 0 Å². The second-order valence-electron chi connectivity index (χ2n) is 6.72. The highest BCUT2D eigenvalue weighted by molar-refractivity contribution is 5.33. The number of rotatable bonds is 9. The fourth-order valence-electron chi connectivity index (χ4n) is 2.84. The van der Waals surface area contributed by atoms with Crippen LogP contribution in [0.25, 0.3) is 0 Å². The molecule has 0 saturated carbocycles. The minimum absolute atomic E-state index is 0.0248. The second kappa shape index (κ2) is 8.12. The van der Waals surface area contributed by atoms with Gasteiger partial charge in [-0.3, -0.25) is 0 Å². The first kappa shape index (κ1) is 24.6. The van der Waals surface area contributed by atoms with Crippen molar-refractivity contribution in [3.05, 3.63) is 35.4 Å². The third-order valence-electron chi connectivity index (χ3n) is 4.61. The Morgan fingerprint density at radius 2 is 1.39 bits per heavy atom. The third-order valence-corrected chi connectivity index (χ3v) is 4.61. The maximum atomic E-state index is 14.2. The van der Waals surface area contributed by atoms with Gasteiger partial charge in [-0.15, -0.1) is 0 Å². The Morgan fingerprint density at radius 1 is 0.857 bits per heavy atom. The van der Waals surface area contributed by atoms with Gasteiger partial charge in [0.1, 0.15) is 0 Å². The average Bonchev–Trinajstić information content (AvgIpc) is 2.58. The highest BCUT2D eigenvalue weighted by Gasteiger charge is 2.82. The summed E-state index contributed by atoms with van der Waals surface area (Å²) in [6.07, 6.45) is -7.20. The first-order chi connectivity index (χ1) is 12.6. The van der Waals surface area contributed by atoms with E-state index in [4.69, 9.17) is 4.74 Å². The van der Waals surface area contributed by atoms with E-state index in [0.29, 0.717) is 18.4 Å². The van der Waals surface area contributed by atoms with Gasteiger partial charge in [0.2, 0.25) is 0 Å². The van der Waals surface area contributed by atoms with Gasteiger partial charge in [-0.25, -0.2) is 0 Å². The molecule has 0 heterocycles. The van der Waals surface area contributed by atoms with Gasteiger partial charge in [0.25, 0.3) is 0 Å². The molecule has 1 aromatic rings. The molecule has 0 bridgehead atoms. The Morgan fingerprint density at radius 3 is 1.86 bits per heavy atom. The zero-order valence-corrected chi connectivity index (χ0v) is 15.4. The Kier molecular flexibility index (Phi) is 7.13. The number of methoxy groups -OCH3 is 1. The molecule has 0 spiro atoms. The zero-order valence-electron chi connectivity index (χ0n) is 15.4. The predicted molar refractivity (Wildman–Crippen MR) is 84.9 cm³/mol. The van der Waals surface area contributed by atoms with Gasteiger partial charge in [0.05, 0.1) is 12.0 Å². The highest BCUT2D eigenvalue weighted by atomic mass is 19.4. The summed E-state index contributed by atoms with van der Waals surface area (Å²) in [5, 5.41) is 0. The Hall–Kier alpha value is -1.45. The van der Waals surface area contributed by atoms with Crippen molar-refractivity contribution in [2.24, 2.45) is 0 Å². The van der Waals surface area contributed by atoms with Gasteiger partial charge in [-0.05, 0) is 30.9 Å². The molecule has 0 aliphatic rings. The fourth-order valence-corrected chi connectivity index (χ4v) is 2.84. The molecule has 1 rings (SSSR count). The quantitative estimate of drug-likeness (QED) is 0.399. The standard InChI is InChI=1S/C18H21F9O/c1-4-5-8-12-9-6-7-10-13(12)14(2,28-3)11-15(19,20)16(21,22)17(23,24)18(25,26)27/h6-7,9-10H,4-5,8,11H2,1-3H3. The van der Waals surface area contributed by atoms with Gasteiger partial charge < -0.3 is 4.74 Å². The van der Waals surface area contributed by atoms with Crippen LogP contribution in [0.2, 0.25) is 0 Å². The first-order valence-electron chi connectivity index (χ1n) is 8.41. The average molecular weight is 424 g/mol. The van der Waals surface area contributed by atoms with Crippen molar-refractivity contribution >= 4 is 0 Å². The molecule has 1 unspecified atom stereocenters. The minimum atomic E-state index is -6.92. The predicted octanol–water partition coefficient (Wildman–Crippen LogP) is 6.75. The van der Waals surface area contributed by atoms with Crippen LogP contribution < -0.4 is 0 Å². The van der Waals surface area contributed by atoms with Crippen LogP contribution in [0.15, 0.2) is 24.3 Å². The molecular weight excluding hydrogens is 403 g/mol. The van der Waals surface area contributed by atoms with Crippen LogP contribution in [-0.2, 0) is 16.8 Å². The van der Waals surface area contributed by atoms with E-state index >= 15 is 0 Å². The molecule has 1 aromatic carbocycles. The van der Waals surface area contributed by atoms with Crippen LogP contribution in [-0.4, -0.2) is 31.1 Å². The maximum Gasteiger partial charge on any atom is 0.460 e. The van der Waals surface area contributed by atoms with Crippen molar-refractivity contribution in [1.82, 2.24) is 0 Å². The third kappa shape index (κ3) is 4.41. The molecule has 1 atom stereocenters. The summed E-state index contributed by atoms with van der Waals surface area (Å²) in [5.41, 5.74) is -1.74. The van der Waals surface area contributed by atoms with E-state index in [2.05, 4.69) is 0 Å². The molecule has 1 nitrogen and oxygen atoms in total. The van der Waals surface area contributed by atoms with Crippen molar-refractivity contribution in [3.8, 4) is 0 Å². The zero-order chi connectivity index (χ0) is 22.0. The number of hydrogen-bond donors (Lipinski definition) is 0. The molecule has 0 N–H and O–H groups in total. The van der Waals surface area contributed by atoms with Gasteiger partial charge in [-0.1, -0.05) is 37.6 Å². The Balaban J connectivity index is 3.38. The lowest BCUT2D eigenvalue weighted by atomic mass is 9.82. The molecule has 162 valence electrons. The summed E-state index contributed by atoms with van der Waals surface area (Å²) in [5.74, 6) is -19.3. The molecule has 0 saturated heterocycles. The molecule has 0 aliphatic carbocycles. The molecule has 0 fully saturated rings. The van der Waals surface area contributed by atoms with Crippen LogP contribution in [0, 0.1) is 0 Å². The fraction of sp³-hybridized carbons (Fsp3) is 0.667. The van der Waals surface area contributed by atoms with Crippen molar-refractivity contribution < 1.29 is 44.3 Å². The van der Waals surface area contributed by atoms with Crippen LogP contribution >= 0.6 is 0 Å². The van der Waals surface area contributed by atoms with E-state index in [9.17, 15) is 39.5 Å². The molecule has 0 aliphatic heterocycles. The number of hydrogen-bond acceptors (Lipinski definition) is 1. The van der Waals surface area contributed by atoms with Crippen molar-refractivity contribution in [2.45, 2.75) is 69.1 Å². The van der Waals surface area contributed by atoms with E-state index < -0.39 is 36.0 Å². The van der Waals surface area contributed by atoms with Crippen molar-refractivity contribution in [1.29, 1.82) is 0 Å². The van der Waals surface area contributed by atoms with Crippen LogP contribution in [0.3, 0.4) is 0 Å². The molecule has 0 aromatic heterocycles. The van der Waals surface area contributed by atoms with E-state index in [0.717, 1.165) is 20.5 Å². The highest BCUT2D eigenvalue weighted by Crippen LogP contribution is 2.56. The molecular formula is C18H21F9O. The number of alkyl halides is 9. The molecule has 0 amide bonds. The monoisotopic (exact) mass is 424 g/mol. The minimum Gasteiger partial charge on any atom is -0.374 e. The summed E-state index contributed by atoms with van der Waals surface area (Å²) >= 11 is 0. The normalized spacial score (nSPS) is 16.1. The topological polar surface area (TPSA) is 9.23 Å². The van der Waals surface area contributed by atoms with Crippen LogP contribution in [0.5, 0.6) is 0 Å². The second-order valence-corrected chi connectivity index (χ2v) is 6.72. The van der Waals surface area contributed by atoms with Crippen molar-refractivity contribution in [3.63, 3.8) is 0 Å². The summed E-state index contributed by atoms with van der Waals surface area (Å²) in [7, 11) is 0.896. The molecule has 0 radical (unpaired) electrons. The lowest BCUT2D eigenvalue weighted by molar-refractivity contribution is -0.400.